The number of rotatable bonds is 50. The van der Waals surface area contributed by atoms with Crippen LogP contribution in [0.5, 0.6) is 0 Å². The SMILES string of the molecule is CCCCCCCCCCCCCC/C=C/C(O)C(CO)NC(=O)CCCCCCCCC/C=C\CCCCCCCCOC(=O)CCCCCCCCCCCCCCC. The Morgan fingerprint density at radius 2 is 0.770 bits per heavy atom. The maximum atomic E-state index is 12.4. The van der Waals surface area contributed by atoms with Crippen molar-refractivity contribution in [2.24, 2.45) is 0 Å². The summed E-state index contributed by atoms with van der Waals surface area (Å²) in [5.74, 6) is -0.0810. The molecule has 3 N–H and O–H groups in total. The van der Waals surface area contributed by atoms with Gasteiger partial charge in [0.2, 0.25) is 5.91 Å². The first-order valence-electron chi connectivity index (χ1n) is 27.1. The summed E-state index contributed by atoms with van der Waals surface area (Å²) in [6, 6.07) is -0.635. The molecule has 2 unspecified atom stereocenters. The zero-order valence-corrected chi connectivity index (χ0v) is 40.9. The number of amides is 1. The molecule has 0 fully saturated rings. The molecule has 0 heterocycles. The van der Waals surface area contributed by atoms with E-state index in [0.29, 0.717) is 19.4 Å². The molecule has 0 aromatic heterocycles. The van der Waals surface area contributed by atoms with Crippen molar-refractivity contribution < 1.29 is 24.5 Å². The Labute approximate surface area is 380 Å². The minimum Gasteiger partial charge on any atom is -0.466 e. The van der Waals surface area contributed by atoms with E-state index in [-0.39, 0.29) is 18.5 Å². The van der Waals surface area contributed by atoms with Crippen LogP contribution in [-0.4, -0.2) is 47.4 Å². The minimum absolute atomic E-state index is 0.00140. The smallest absolute Gasteiger partial charge is 0.305 e. The Morgan fingerprint density at radius 3 is 1.16 bits per heavy atom. The molecule has 6 nitrogen and oxygen atoms in total. The maximum absolute atomic E-state index is 12.4. The summed E-state index contributed by atoms with van der Waals surface area (Å²) in [5.41, 5.74) is 0. The summed E-state index contributed by atoms with van der Waals surface area (Å²) in [7, 11) is 0. The molecule has 61 heavy (non-hydrogen) atoms. The second-order valence-corrected chi connectivity index (χ2v) is 18.6. The lowest BCUT2D eigenvalue weighted by Crippen LogP contribution is -2.45. The van der Waals surface area contributed by atoms with Crippen LogP contribution < -0.4 is 5.32 Å². The molecular weight excluding hydrogens is 755 g/mol. The lowest BCUT2D eigenvalue weighted by Gasteiger charge is -2.20. The van der Waals surface area contributed by atoms with Crippen LogP contribution in [0.3, 0.4) is 0 Å². The molecule has 0 aliphatic carbocycles. The number of hydrogen-bond donors (Lipinski definition) is 3. The predicted molar refractivity (Wildman–Crippen MR) is 264 cm³/mol. The van der Waals surface area contributed by atoms with Crippen LogP contribution in [0.15, 0.2) is 24.3 Å². The summed E-state index contributed by atoms with van der Waals surface area (Å²) < 4.78 is 5.46. The largest absolute Gasteiger partial charge is 0.466 e. The van der Waals surface area contributed by atoms with E-state index in [0.717, 1.165) is 57.8 Å². The molecular formula is C55H105NO5. The van der Waals surface area contributed by atoms with Gasteiger partial charge in [0, 0.05) is 12.8 Å². The van der Waals surface area contributed by atoms with E-state index in [9.17, 15) is 19.8 Å². The molecule has 6 heteroatoms. The molecule has 0 saturated carbocycles. The van der Waals surface area contributed by atoms with Crippen molar-refractivity contribution in [1.29, 1.82) is 0 Å². The number of unbranched alkanes of at least 4 members (excludes halogenated alkanes) is 37. The van der Waals surface area contributed by atoms with Crippen LogP contribution in [0.25, 0.3) is 0 Å². The van der Waals surface area contributed by atoms with Crippen LogP contribution in [0.4, 0.5) is 0 Å². The molecule has 360 valence electrons. The van der Waals surface area contributed by atoms with Crippen molar-refractivity contribution in [1.82, 2.24) is 5.32 Å². The van der Waals surface area contributed by atoms with Gasteiger partial charge < -0.3 is 20.3 Å². The van der Waals surface area contributed by atoms with Crippen molar-refractivity contribution >= 4 is 11.9 Å². The fourth-order valence-corrected chi connectivity index (χ4v) is 8.27. The molecule has 1 amide bonds. The summed E-state index contributed by atoms with van der Waals surface area (Å²) in [5, 5.41) is 23.0. The molecule has 0 bridgehead atoms. The minimum atomic E-state index is -0.851. The van der Waals surface area contributed by atoms with Gasteiger partial charge in [0.05, 0.1) is 25.4 Å². The Morgan fingerprint density at radius 1 is 0.443 bits per heavy atom. The zero-order chi connectivity index (χ0) is 44.4. The normalized spacial score (nSPS) is 12.8. The van der Waals surface area contributed by atoms with E-state index < -0.39 is 12.1 Å². The molecule has 0 rings (SSSR count). The Kier molecular flexibility index (Phi) is 49.6. The summed E-state index contributed by atoms with van der Waals surface area (Å²) in [6.07, 6.45) is 60.4. The number of aliphatic hydroxyl groups excluding tert-OH is 2. The Hall–Kier alpha value is -1.66. The molecule has 0 saturated heterocycles. The van der Waals surface area contributed by atoms with Gasteiger partial charge in [0.1, 0.15) is 0 Å². The number of carbonyl (C=O) groups is 2. The van der Waals surface area contributed by atoms with Gasteiger partial charge in [-0.25, -0.2) is 0 Å². The highest BCUT2D eigenvalue weighted by molar-refractivity contribution is 5.76. The number of allylic oxidation sites excluding steroid dienone is 3. The second kappa shape index (κ2) is 51.0. The van der Waals surface area contributed by atoms with Gasteiger partial charge in [0.15, 0.2) is 0 Å². The van der Waals surface area contributed by atoms with E-state index in [1.54, 1.807) is 6.08 Å². The van der Waals surface area contributed by atoms with Crippen molar-refractivity contribution in [3.8, 4) is 0 Å². The monoisotopic (exact) mass is 860 g/mol. The predicted octanol–water partition coefficient (Wildman–Crippen LogP) is 16.3. The lowest BCUT2D eigenvalue weighted by molar-refractivity contribution is -0.143. The number of nitrogens with one attached hydrogen (secondary N) is 1. The fraction of sp³-hybridized carbons (Fsp3) is 0.891. The first kappa shape index (κ1) is 59.3. The van der Waals surface area contributed by atoms with Crippen LogP contribution in [-0.2, 0) is 14.3 Å². The van der Waals surface area contributed by atoms with Crippen LogP contribution in [0.2, 0.25) is 0 Å². The molecule has 0 aliphatic heterocycles. The third-order valence-corrected chi connectivity index (χ3v) is 12.5. The van der Waals surface area contributed by atoms with E-state index in [1.807, 2.05) is 6.08 Å². The quantitative estimate of drug-likeness (QED) is 0.0322. The van der Waals surface area contributed by atoms with Gasteiger partial charge in [-0.05, 0) is 57.8 Å². The zero-order valence-electron chi connectivity index (χ0n) is 40.9. The average molecular weight is 860 g/mol. The van der Waals surface area contributed by atoms with Crippen LogP contribution >= 0.6 is 0 Å². The second-order valence-electron chi connectivity index (χ2n) is 18.6. The van der Waals surface area contributed by atoms with Gasteiger partial charge in [-0.2, -0.15) is 0 Å². The first-order valence-corrected chi connectivity index (χ1v) is 27.1. The topological polar surface area (TPSA) is 95.9 Å². The molecule has 0 aliphatic rings. The number of carbonyl (C=O) groups excluding carboxylic acids is 2. The Balaban J connectivity index is 3.48. The number of ether oxygens (including phenoxy) is 1. The highest BCUT2D eigenvalue weighted by Gasteiger charge is 2.18. The van der Waals surface area contributed by atoms with Crippen molar-refractivity contribution in [3.05, 3.63) is 24.3 Å². The van der Waals surface area contributed by atoms with E-state index >= 15 is 0 Å². The molecule has 0 aromatic rings. The summed E-state index contributed by atoms with van der Waals surface area (Å²) in [6.45, 7) is 4.88. The summed E-state index contributed by atoms with van der Waals surface area (Å²) in [4.78, 5) is 24.4. The number of esters is 1. The fourth-order valence-electron chi connectivity index (χ4n) is 8.27. The summed E-state index contributed by atoms with van der Waals surface area (Å²) >= 11 is 0. The van der Waals surface area contributed by atoms with E-state index in [2.05, 4.69) is 31.3 Å². The van der Waals surface area contributed by atoms with E-state index in [4.69, 9.17) is 4.74 Å². The van der Waals surface area contributed by atoms with Crippen molar-refractivity contribution in [2.75, 3.05) is 13.2 Å². The third kappa shape index (κ3) is 47.7. The standard InChI is InChI=1S/C55H105NO5/c1-3-5-7-9-11-13-15-17-24-27-31-35-39-43-47-53(58)52(51-57)56-54(59)48-44-40-36-32-28-25-21-19-18-20-22-26-30-34-38-42-46-50-61-55(60)49-45-41-37-33-29-23-16-14-12-10-8-6-4-2/h18,20,43,47,52-53,57-58H,3-17,19,21-42,44-46,48-51H2,1-2H3,(H,56,59)/b20-18-,47-43+. The maximum Gasteiger partial charge on any atom is 0.305 e. The van der Waals surface area contributed by atoms with Gasteiger partial charge in [-0.15, -0.1) is 0 Å². The van der Waals surface area contributed by atoms with Gasteiger partial charge >= 0.3 is 5.97 Å². The Bertz CT molecular complexity index is 951. The van der Waals surface area contributed by atoms with Gasteiger partial charge in [-0.1, -0.05) is 244 Å². The van der Waals surface area contributed by atoms with Crippen molar-refractivity contribution in [3.63, 3.8) is 0 Å². The molecule has 2 atom stereocenters. The van der Waals surface area contributed by atoms with Gasteiger partial charge in [0.25, 0.3) is 0 Å². The van der Waals surface area contributed by atoms with E-state index in [1.165, 1.54) is 205 Å². The molecule has 0 radical (unpaired) electrons. The van der Waals surface area contributed by atoms with Crippen LogP contribution in [0.1, 0.15) is 290 Å². The third-order valence-electron chi connectivity index (χ3n) is 12.5. The average Bonchev–Trinajstić information content (AvgIpc) is 3.26. The molecule has 0 aromatic carbocycles. The van der Waals surface area contributed by atoms with Crippen LogP contribution in [0, 0.1) is 0 Å². The number of hydrogen-bond acceptors (Lipinski definition) is 5. The number of aliphatic hydroxyl groups is 2. The van der Waals surface area contributed by atoms with Gasteiger partial charge in [-0.3, -0.25) is 9.59 Å². The highest BCUT2D eigenvalue weighted by atomic mass is 16.5. The highest BCUT2D eigenvalue weighted by Crippen LogP contribution is 2.16. The lowest BCUT2D eigenvalue weighted by atomic mass is 10.0. The van der Waals surface area contributed by atoms with Crippen molar-refractivity contribution in [2.45, 2.75) is 302 Å². The molecule has 0 spiro atoms. The first-order chi connectivity index (χ1) is 30.0.